The highest BCUT2D eigenvalue weighted by molar-refractivity contribution is 7.89. The van der Waals surface area contributed by atoms with Crippen LogP contribution in [0.15, 0.2) is 23.1 Å². The van der Waals surface area contributed by atoms with Crippen molar-refractivity contribution in [3.8, 4) is 0 Å². The first kappa shape index (κ1) is 15.2. The van der Waals surface area contributed by atoms with Crippen LogP contribution in [0.3, 0.4) is 0 Å². The molecule has 1 aliphatic heterocycles. The number of rotatable bonds is 3. The molecule has 8 heteroatoms. The summed E-state index contributed by atoms with van der Waals surface area (Å²) in [5.41, 5.74) is 5.87. The Morgan fingerprint density at radius 2 is 2.20 bits per heavy atom. The van der Waals surface area contributed by atoms with E-state index in [9.17, 15) is 13.2 Å². The summed E-state index contributed by atoms with van der Waals surface area (Å²) in [6.45, 7) is 2.57. The third-order valence-electron chi connectivity index (χ3n) is 3.26. The van der Waals surface area contributed by atoms with E-state index in [4.69, 9.17) is 17.3 Å². The zero-order chi connectivity index (χ0) is 14.9. The lowest BCUT2D eigenvalue weighted by Crippen LogP contribution is -2.58. The van der Waals surface area contributed by atoms with Crippen molar-refractivity contribution in [2.45, 2.75) is 17.9 Å². The summed E-state index contributed by atoms with van der Waals surface area (Å²) in [7, 11) is -3.80. The highest BCUT2D eigenvalue weighted by atomic mass is 35.5. The van der Waals surface area contributed by atoms with Crippen molar-refractivity contribution in [3.05, 3.63) is 28.8 Å². The molecule has 6 nitrogen and oxygen atoms in total. The summed E-state index contributed by atoms with van der Waals surface area (Å²) in [6.07, 6.45) is 0. The van der Waals surface area contributed by atoms with Gasteiger partial charge in [0.05, 0.1) is 4.90 Å². The molecule has 110 valence electrons. The van der Waals surface area contributed by atoms with Gasteiger partial charge in [-0.05, 0) is 24.6 Å². The molecule has 1 aliphatic rings. The number of carbonyl (C=O) groups is 1. The smallest absolute Gasteiger partial charge is 0.244 e. The number of amides is 1. The van der Waals surface area contributed by atoms with Crippen LogP contribution in [0.2, 0.25) is 5.02 Å². The molecule has 1 fully saturated rings. The number of nitrogens with two attached hydrogens (primary N) is 1. The largest absolute Gasteiger partial charge is 0.368 e. The molecule has 3 N–H and O–H groups in total. The molecule has 2 rings (SSSR count). The molecule has 0 saturated carbocycles. The summed E-state index contributed by atoms with van der Waals surface area (Å²) in [5.74, 6) is -0.666. The zero-order valence-electron chi connectivity index (χ0n) is 11.0. The van der Waals surface area contributed by atoms with Gasteiger partial charge in [0.2, 0.25) is 15.9 Å². The predicted octanol–water partition coefficient (Wildman–Crippen LogP) is 0.0962. The molecular weight excluding hydrogens is 302 g/mol. The van der Waals surface area contributed by atoms with Gasteiger partial charge in [0.25, 0.3) is 0 Å². The van der Waals surface area contributed by atoms with Crippen molar-refractivity contribution >= 4 is 27.5 Å². The van der Waals surface area contributed by atoms with E-state index in [1.54, 1.807) is 19.1 Å². The van der Waals surface area contributed by atoms with Crippen LogP contribution in [-0.2, 0) is 14.8 Å². The Morgan fingerprint density at radius 1 is 1.50 bits per heavy atom. The van der Waals surface area contributed by atoms with E-state index in [0.717, 1.165) is 4.31 Å². The van der Waals surface area contributed by atoms with E-state index < -0.39 is 22.0 Å². The van der Waals surface area contributed by atoms with E-state index in [1.165, 1.54) is 6.07 Å². The number of halogens is 1. The van der Waals surface area contributed by atoms with Gasteiger partial charge < -0.3 is 11.1 Å². The molecule has 0 radical (unpaired) electrons. The maximum atomic E-state index is 12.7. The first-order valence-corrected chi connectivity index (χ1v) is 7.94. The van der Waals surface area contributed by atoms with E-state index >= 15 is 0 Å². The average Bonchev–Trinajstić information content (AvgIpc) is 2.41. The standard InChI is InChI=1S/C12H16ClN3O3S/c1-8-2-3-9(13)6-11(8)20(18,19)16-5-4-15-7-10(16)12(14)17/h2-3,6,10,15H,4-5,7H2,1H3,(H2,14,17). The van der Waals surface area contributed by atoms with Gasteiger partial charge in [0.15, 0.2) is 0 Å². The molecule has 0 aromatic heterocycles. The third kappa shape index (κ3) is 2.80. The lowest BCUT2D eigenvalue weighted by Gasteiger charge is -2.33. The number of aryl methyl sites for hydroxylation is 1. The van der Waals surface area contributed by atoms with Gasteiger partial charge in [-0.3, -0.25) is 4.79 Å². The number of hydrogen-bond donors (Lipinski definition) is 2. The van der Waals surface area contributed by atoms with Crippen LogP contribution >= 0.6 is 11.6 Å². The fourth-order valence-corrected chi connectivity index (χ4v) is 4.28. The lowest BCUT2D eigenvalue weighted by atomic mass is 10.2. The Balaban J connectivity index is 2.47. The summed E-state index contributed by atoms with van der Waals surface area (Å²) in [6, 6.07) is 3.77. The van der Waals surface area contributed by atoms with Crippen molar-refractivity contribution < 1.29 is 13.2 Å². The normalized spacial score (nSPS) is 20.8. The van der Waals surface area contributed by atoms with E-state index in [2.05, 4.69) is 5.32 Å². The Morgan fingerprint density at radius 3 is 2.85 bits per heavy atom. The van der Waals surface area contributed by atoms with Crippen molar-refractivity contribution in [1.82, 2.24) is 9.62 Å². The first-order valence-electron chi connectivity index (χ1n) is 6.12. The van der Waals surface area contributed by atoms with Crippen LogP contribution in [-0.4, -0.2) is 44.3 Å². The van der Waals surface area contributed by atoms with Crippen molar-refractivity contribution in [2.75, 3.05) is 19.6 Å². The van der Waals surface area contributed by atoms with E-state index in [1.807, 2.05) is 0 Å². The second-order valence-corrected chi connectivity index (χ2v) is 6.94. The molecule has 20 heavy (non-hydrogen) atoms. The van der Waals surface area contributed by atoms with Gasteiger partial charge in [-0.25, -0.2) is 8.42 Å². The summed E-state index contributed by atoms with van der Waals surface area (Å²) in [5, 5.41) is 3.30. The second-order valence-electron chi connectivity index (χ2n) is 4.65. The summed E-state index contributed by atoms with van der Waals surface area (Å²) in [4.78, 5) is 11.6. The minimum absolute atomic E-state index is 0.109. The van der Waals surface area contributed by atoms with Crippen molar-refractivity contribution in [3.63, 3.8) is 0 Å². The predicted molar refractivity (Wildman–Crippen MR) is 75.9 cm³/mol. The maximum absolute atomic E-state index is 12.7. The molecule has 1 aromatic carbocycles. The number of nitrogens with one attached hydrogen (secondary N) is 1. The molecule has 1 amide bonds. The lowest BCUT2D eigenvalue weighted by molar-refractivity contribution is -0.122. The van der Waals surface area contributed by atoms with E-state index in [-0.39, 0.29) is 18.0 Å². The Labute approximate surface area is 122 Å². The summed E-state index contributed by atoms with van der Waals surface area (Å²) < 4.78 is 26.6. The average molecular weight is 318 g/mol. The van der Waals surface area contributed by atoms with Crippen molar-refractivity contribution in [2.24, 2.45) is 5.73 Å². The van der Waals surface area contributed by atoms with Crippen LogP contribution in [0.5, 0.6) is 0 Å². The topological polar surface area (TPSA) is 92.5 Å². The molecule has 1 unspecified atom stereocenters. The van der Waals surface area contributed by atoms with Crippen LogP contribution in [0.25, 0.3) is 0 Å². The first-order chi connectivity index (χ1) is 9.34. The number of hydrogen-bond acceptors (Lipinski definition) is 4. The van der Waals surface area contributed by atoms with Crippen LogP contribution in [0.1, 0.15) is 5.56 Å². The highest BCUT2D eigenvalue weighted by Crippen LogP contribution is 2.25. The number of nitrogens with zero attached hydrogens (tertiary/aromatic N) is 1. The molecule has 1 heterocycles. The van der Waals surface area contributed by atoms with Crippen LogP contribution in [0.4, 0.5) is 0 Å². The number of primary amides is 1. The molecule has 1 aromatic rings. The third-order valence-corrected chi connectivity index (χ3v) is 5.54. The highest BCUT2D eigenvalue weighted by Gasteiger charge is 2.37. The monoisotopic (exact) mass is 317 g/mol. The molecule has 0 bridgehead atoms. The molecular formula is C12H16ClN3O3S. The van der Waals surface area contributed by atoms with Gasteiger partial charge in [-0.1, -0.05) is 17.7 Å². The minimum Gasteiger partial charge on any atom is -0.368 e. The number of carbonyl (C=O) groups excluding carboxylic acids is 1. The van der Waals surface area contributed by atoms with Crippen molar-refractivity contribution in [1.29, 1.82) is 0 Å². The fraction of sp³-hybridized carbons (Fsp3) is 0.417. The van der Waals surface area contributed by atoms with Gasteiger partial charge in [0, 0.05) is 24.7 Å². The number of piperazine rings is 1. The van der Waals surface area contributed by atoms with Gasteiger partial charge >= 0.3 is 0 Å². The second kappa shape index (κ2) is 5.69. The Hall–Kier alpha value is -1.15. The molecule has 1 saturated heterocycles. The Bertz CT molecular complexity index is 633. The molecule has 0 aliphatic carbocycles. The SMILES string of the molecule is Cc1ccc(Cl)cc1S(=O)(=O)N1CCNCC1C(N)=O. The summed E-state index contributed by atoms with van der Waals surface area (Å²) >= 11 is 5.87. The molecule has 0 spiro atoms. The number of sulfonamides is 1. The maximum Gasteiger partial charge on any atom is 0.244 e. The van der Waals surface area contributed by atoms with Crippen LogP contribution in [0, 0.1) is 6.92 Å². The van der Waals surface area contributed by atoms with Gasteiger partial charge in [0.1, 0.15) is 6.04 Å². The van der Waals surface area contributed by atoms with Gasteiger partial charge in [-0.15, -0.1) is 0 Å². The molecule has 1 atom stereocenters. The fourth-order valence-electron chi connectivity index (χ4n) is 2.19. The minimum atomic E-state index is -3.80. The number of benzene rings is 1. The quantitative estimate of drug-likeness (QED) is 0.826. The zero-order valence-corrected chi connectivity index (χ0v) is 12.5. The van der Waals surface area contributed by atoms with E-state index in [0.29, 0.717) is 17.1 Å². The van der Waals surface area contributed by atoms with Gasteiger partial charge in [-0.2, -0.15) is 4.31 Å². The van der Waals surface area contributed by atoms with Crippen LogP contribution < -0.4 is 11.1 Å². The Kier molecular flexibility index (Phi) is 4.33.